The number of nitrogens with zero attached hydrogens (tertiary/aromatic N) is 2. The topological polar surface area (TPSA) is 108 Å². The zero-order valence-electron chi connectivity index (χ0n) is 8.91. The molecule has 0 atom stereocenters. The van der Waals surface area contributed by atoms with Gasteiger partial charge in [0.1, 0.15) is 10.6 Å². The molecule has 0 bridgehead atoms. The maximum absolute atomic E-state index is 11.4. The van der Waals surface area contributed by atoms with Gasteiger partial charge in [0.15, 0.2) is 6.61 Å². The Bertz CT molecular complexity index is 642. The lowest BCUT2D eigenvalue weighted by molar-refractivity contribution is 0.279. The second kappa shape index (κ2) is 5.04. The molecule has 2 N–H and O–H groups in total. The Hall–Kier alpha value is -1.45. The predicted molar refractivity (Wildman–Crippen MR) is 64.1 cm³/mol. The van der Waals surface area contributed by atoms with Gasteiger partial charge in [-0.15, -0.1) is 0 Å². The van der Waals surface area contributed by atoms with Crippen LogP contribution in [0.3, 0.4) is 0 Å². The van der Waals surface area contributed by atoms with Crippen LogP contribution >= 0.6 is 15.9 Å². The number of aromatic nitrogens is 2. The molecule has 7 nitrogen and oxygen atoms in total. The second-order valence-electron chi connectivity index (χ2n) is 3.27. The van der Waals surface area contributed by atoms with Gasteiger partial charge in [0.25, 0.3) is 0 Å². The minimum atomic E-state index is -3.87. The maximum atomic E-state index is 11.4. The first-order valence-corrected chi connectivity index (χ1v) is 7.01. The van der Waals surface area contributed by atoms with E-state index in [1.54, 1.807) is 6.07 Å². The molecular formula is C9H8BrN3O4S. The van der Waals surface area contributed by atoms with Gasteiger partial charge in [0, 0.05) is 4.47 Å². The Morgan fingerprint density at radius 1 is 1.44 bits per heavy atom. The fourth-order valence-corrected chi connectivity index (χ4v) is 2.43. The van der Waals surface area contributed by atoms with Gasteiger partial charge in [0.05, 0.1) is 0 Å². The van der Waals surface area contributed by atoms with Crippen molar-refractivity contribution in [3.63, 3.8) is 0 Å². The molecule has 96 valence electrons. The van der Waals surface area contributed by atoms with Crippen molar-refractivity contribution < 1.29 is 17.7 Å². The lowest BCUT2D eigenvalue weighted by Gasteiger charge is -2.08. The van der Waals surface area contributed by atoms with Crippen LogP contribution in [0.15, 0.2) is 38.5 Å². The van der Waals surface area contributed by atoms with Gasteiger partial charge in [0.2, 0.25) is 22.2 Å². The second-order valence-corrected chi connectivity index (χ2v) is 5.72. The summed E-state index contributed by atoms with van der Waals surface area (Å²) in [5, 5.41) is 8.64. The molecule has 0 saturated heterocycles. The molecule has 0 fully saturated rings. The number of halogens is 1. The van der Waals surface area contributed by atoms with Crippen molar-refractivity contribution >= 4 is 26.0 Å². The number of rotatable bonds is 4. The van der Waals surface area contributed by atoms with Crippen molar-refractivity contribution in [2.45, 2.75) is 11.5 Å². The smallest absolute Gasteiger partial charge is 0.241 e. The van der Waals surface area contributed by atoms with Crippen molar-refractivity contribution in [2.75, 3.05) is 0 Å². The van der Waals surface area contributed by atoms with Gasteiger partial charge in [-0.2, -0.15) is 4.98 Å². The Morgan fingerprint density at radius 2 is 2.22 bits per heavy atom. The molecule has 0 saturated carbocycles. The first-order valence-electron chi connectivity index (χ1n) is 4.67. The molecule has 18 heavy (non-hydrogen) atoms. The third kappa shape index (κ3) is 3.06. The summed E-state index contributed by atoms with van der Waals surface area (Å²) in [5.74, 6) is 0.434. The Labute approximate surface area is 111 Å². The summed E-state index contributed by atoms with van der Waals surface area (Å²) in [6.45, 7) is -0.0132. The number of benzene rings is 1. The summed E-state index contributed by atoms with van der Waals surface area (Å²) >= 11 is 3.16. The molecule has 0 aliphatic carbocycles. The molecule has 9 heteroatoms. The Balaban J connectivity index is 2.27. The lowest BCUT2D eigenvalue weighted by Crippen LogP contribution is -2.14. The molecule has 0 amide bonds. The fourth-order valence-electron chi connectivity index (χ4n) is 1.22. The van der Waals surface area contributed by atoms with Gasteiger partial charge in [-0.25, -0.2) is 13.6 Å². The van der Waals surface area contributed by atoms with Crippen LogP contribution in [-0.2, 0) is 16.6 Å². The predicted octanol–water partition coefficient (Wildman–Crippen LogP) is 1.06. The highest BCUT2D eigenvalue weighted by molar-refractivity contribution is 9.10. The van der Waals surface area contributed by atoms with E-state index in [0.717, 1.165) is 6.39 Å². The molecule has 1 aromatic heterocycles. The third-order valence-corrected chi connectivity index (χ3v) is 3.40. The molecule has 0 unspecified atom stereocenters. The first kappa shape index (κ1) is 13.0. The van der Waals surface area contributed by atoms with Crippen molar-refractivity contribution in [3.05, 3.63) is 34.9 Å². The van der Waals surface area contributed by atoms with E-state index in [1.807, 2.05) is 0 Å². The maximum Gasteiger partial charge on any atom is 0.241 e. The zero-order valence-corrected chi connectivity index (χ0v) is 11.3. The molecule has 0 radical (unpaired) electrons. The highest BCUT2D eigenvalue weighted by atomic mass is 79.9. The van der Waals surface area contributed by atoms with Gasteiger partial charge < -0.3 is 9.26 Å². The monoisotopic (exact) mass is 333 g/mol. The number of hydrogen-bond acceptors (Lipinski definition) is 6. The number of primary sulfonamides is 1. The zero-order chi connectivity index (χ0) is 13.2. The average Bonchev–Trinajstić information content (AvgIpc) is 2.79. The summed E-state index contributed by atoms with van der Waals surface area (Å²) < 4.78 is 33.2. The summed E-state index contributed by atoms with van der Waals surface area (Å²) in [4.78, 5) is 3.64. The average molecular weight is 334 g/mol. The van der Waals surface area contributed by atoms with Crippen LogP contribution in [0.5, 0.6) is 5.75 Å². The van der Waals surface area contributed by atoms with E-state index in [1.165, 1.54) is 12.1 Å². The van der Waals surface area contributed by atoms with E-state index >= 15 is 0 Å². The Kier molecular flexibility index (Phi) is 3.64. The summed E-state index contributed by atoms with van der Waals surface area (Å²) in [5.41, 5.74) is 0. The van der Waals surface area contributed by atoms with Crippen LogP contribution in [0.1, 0.15) is 5.82 Å². The third-order valence-electron chi connectivity index (χ3n) is 1.98. The molecule has 0 spiro atoms. The van der Waals surface area contributed by atoms with Crippen LogP contribution in [0.2, 0.25) is 0 Å². The highest BCUT2D eigenvalue weighted by Gasteiger charge is 2.16. The van der Waals surface area contributed by atoms with Gasteiger partial charge >= 0.3 is 0 Å². The van der Waals surface area contributed by atoms with Crippen molar-refractivity contribution in [1.82, 2.24) is 10.1 Å². The summed E-state index contributed by atoms with van der Waals surface area (Å²) in [6.07, 6.45) is 1.15. The normalized spacial score (nSPS) is 11.4. The lowest BCUT2D eigenvalue weighted by atomic mass is 10.3. The van der Waals surface area contributed by atoms with E-state index in [0.29, 0.717) is 10.3 Å². The van der Waals surface area contributed by atoms with E-state index in [4.69, 9.17) is 9.88 Å². The minimum Gasteiger partial charge on any atom is -0.484 e. The molecule has 1 aromatic carbocycles. The first-order chi connectivity index (χ1) is 8.47. The number of ether oxygens (including phenoxy) is 1. The van der Waals surface area contributed by atoms with Gasteiger partial charge in [-0.3, -0.25) is 0 Å². The van der Waals surface area contributed by atoms with Crippen LogP contribution in [0.25, 0.3) is 0 Å². The van der Waals surface area contributed by atoms with Crippen molar-refractivity contribution in [3.8, 4) is 5.75 Å². The molecular weight excluding hydrogens is 326 g/mol. The quantitative estimate of drug-likeness (QED) is 0.895. The molecule has 2 aromatic rings. The minimum absolute atomic E-state index is 0.0132. The molecule has 0 aliphatic rings. The van der Waals surface area contributed by atoms with Crippen LogP contribution < -0.4 is 9.88 Å². The standard InChI is InChI=1S/C9H8BrN3O4S/c10-6-1-2-7(8(3-6)18(11,14)15)16-4-9-12-5-17-13-9/h1-3,5H,4H2,(H2,11,14,15). The van der Waals surface area contributed by atoms with E-state index < -0.39 is 10.0 Å². The SMILES string of the molecule is NS(=O)(=O)c1cc(Br)ccc1OCc1ncon1. The molecule has 0 aliphatic heterocycles. The van der Waals surface area contributed by atoms with Crippen LogP contribution in [-0.4, -0.2) is 18.6 Å². The van der Waals surface area contributed by atoms with Crippen molar-refractivity contribution in [2.24, 2.45) is 5.14 Å². The van der Waals surface area contributed by atoms with Gasteiger partial charge in [-0.05, 0) is 18.2 Å². The van der Waals surface area contributed by atoms with E-state index in [2.05, 4.69) is 30.6 Å². The fraction of sp³-hybridized carbons (Fsp3) is 0.111. The molecule has 1 heterocycles. The number of sulfonamides is 1. The highest BCUT2D eigenvalue weighted by Crippen LogP contribution is 2.26. The summed E-state index contributed by atoms with van der Waals surface area (Å²) in [6, 6.07) is 4.49. The largest absolute Gasteiger partial charge is 0.484 e. The van der Waals surface area contributed by atoms with Gasteiger partial charge in [-0.1, -0.05) is 21.1 Å². The molecule has 2 rings (SSSR count). The van der Waals surface area contributed by atoms with E-state index in [9.17, 15) is 8.42 Å². The Morgan fingerprint density at radius 3 is 2.83 bits per heavy atom. The van der Waals surface area contributed by atoms with E-state index in [-0.39, 0.29) is 17.3 Å². The van der Waals surface area contributed by atoms with Crippen molar-refractivity contribution in [1.29, 1.82) is 0 Å². The number of hydrogen-bond donors (Lipinski definition) is 1. The van der Waals surface area contributed by atoms with Crippen LogP contribution in [0.4, 0.5) is 0 Å². The number of nitrogens with two attached hydrogens (primary N) is 1. The summed E-state index contributed by atoms with van der Waals surface area (Å²) in [7, 11) is -3.87. The van der Waals surface area contributed by atoms with Crippen LogP contribution in [0, 0.1) is 0 Å².